The zero-order chi connectivity index (χ0) is 18.0. The molecule has 5 nitrogen and oxygen atoms in total. The van der Waals surface area contributed by atoms with E-state index >= 15 is 0 Å². The van der Waals surface area contributed by atoms with Gasteiger partial charge in [0, 0.05) is 31.9 Å². The van der Waals surface area contributed by atoms with Gasteiger partial charge >= 0.3 is 6.18 Å². The first kappa shape index (κ1) is 17.2. The molecule has 1 aromatic heterocycles. The van der Waals surface area contributed by atoms with Crippen molar-refractivity contribution in [3.63, 3.8) is 0 Å². The number of alkyl halides is 3. The van der Waals surface area contributed by atoms with Crippen LogP contribution in [0.15, 0.2) is 42.6 Å². The number of hydrogen-bond donors (Lipinski definition) is 1. The van der Waals surface area contributed by atoms with Crippen LogP contribution in [0.2, 0.25) is 0 Å². The predicted molar refractivity (Wildman–Crippen MR) is 83.9 cm³/mol. The van der Waals surface area contributed by atoms with E-state index in [0.29, 0.717) is 18.8 Å². The minimum atomic E-state index is -4.36. The lowest BCUT2D eigenvalue weighted by Crippen LogP contribution is -2.53. The number of ether oxygens (including phenoxy) is 1. The number of benzene rings is 1. The van der Waals surface area contributed by atoms with Gasteiger partial charge in [0.05, 0.1) is 5.56 Å². The van der Waals surface area contributed by atoms with E-state index in [1.807, 2.05) is 4.90 Å². The van der Waals surface area contributed by atoms with Crippen LogP contribution in [0.4, 0.5) is 13.2 Å². The normalized spacial score (nSPS) is 15.6. The van der Waals surface area contributed by atoms with Gasteiger partial charge in [0.1, 0.15) is 17.5 Å². The fraction of sp³-hybridized carbons (Fsp3) is 0.294. The molecule has 1 aromatic carbocycles. The first-order valence-electron chi connectivity index (χ1n) is 7.63. The average molecular weight is 351 g/mol. The highest BCUT2D eigenvalue weighted by atomic mass is 19.4. The Hall–Kier alpha value is -2.61. The van der Waals surface area contributed by atoms with Crippen molar-refractivity contribution in [2.45, 2.75) is 18.8 Å². The number of primary amides is 1. The third-order valence-electron chi connectivity index (χ3n) is 3.93. The maximum absolute atomic E-state index is 13.0. The first-order valence-corrected chi connectivity index (χ1v) is 7.63. The molecule has 0 saturated carbocycles. The summed E-state index contributed by atoms with van der Waals surface area (Å²) in [5, 5.41) is 0. The van der Waals surface area contributed by atoms with Gasteiger partial charge in [-0.1, -0.05) is 18.2 Å². The van der Waals surface area contributed by atoms with E-state index in [1.165, 1.54) is 24.4 Å². The standard InChI is InChI=1S/C17H16F3N3O2/c18-17(19,20)14-4-2-1-3-11(14)8-23-9-13(10-23)25-12-5-6-22-15(7-12)16(21)24/h1-7,13H,8-10H2,(H2,21,24). The number of nitrogens with two attached hydrogens (primary N) is 1. The van der Waals surface area contributed by atoms with Crippen LogP contribution in [0.5, 0.6) is 5.75 Å². The Bertz CT molecular complexity index is 774. The summed E-state index contributed by atoms with van der Waals surface area (Å²) in [5.74, 6) is -0.186. The lowest BCUT2D eigenvalue weighted by atomic mass is 10.0. The lowest BCUT2D eigenvalue weighted by Gasteiger charge is -2.39. The molecule has 0 atom stereocenters. The smallest absolute Gasteiger partial charge is 0.416 e. The van der Waals surface area contributed by atoms with Gasteiger partial charge in [-0.25, -0.2) is 0 Å². The highest BCUT2D eigenvalue weighted by molar-refractivity contribution is 5.91. The van der Waals surface area contributed by atoms with Crippen LogP contribution in [0.1, 0.15) is 21.6 Å². The molecule has 0 bridgehead atoms. The summed E-state index contributed by atoms with van der Waals surface area (Å²) in [4.78, 5) is 16.8. The van der Waals surface area contributed by atoms with E-state index in [9.17, 15) is 18.0 Å². The van der Waals surface area contributed by atoms with Crippen LogP contribution < -0.4 is 10.5 Å². The maximum Gasteiger partial charge on any atom is 0.416 e. The Morgan fingerprint density at radius 1 is 1.28 bits per heavy atom. The van der Waals surface area contributed by atoms with Crippen molar-refractivity contribution in [3.8, 4) is 5.75 Å². The van der Waals surface area contributed by atoms with Gasteiger partial charge in [0.15, 0.2) is 0 Å². The van der Waals surface area contributed by atoms with Crippen molar-refractivity contribution in [1.29, 1.82) is 0 Å². The molecule has 0 aliphatic carbocycles. The molecule has 1 amide bonds. The Labute approximate surface area is 142 Å². The fourth-order valence-electron chi connectivity index (χ4n) is 2.71. The van der Waals surface area contributed by atoms with Crippen LogP contribution in [-0.4, -0.2) is 35.0 Å². The number of carbonyl (C=O) groups is 1. The molecule has 2 N–H and O–H groups in total. The number of rotatable bonds is 5. The van der Waals surface area contributed by atoms with Gasteiger partial charge in [-0.05, 0) is 17.7 Å². The van der Waals surface area contributed by atoms with E-state index < -0.39 is 17.6 Å². The number of pyridine rings is 1. The Kier molecular flexibility index (Phi) is 4.63. The van der Waals surface area contributed by atoms with E-state index in [1.54, 1.807) is 12.1 Å². The second-order valence-corrected chi connectivity index (χ2v) is 5.83. The molecular formula is C17H16F3N3O2. The van der Waals surface area contributed by atoms with E-state index in [4.69, 9.17) is 10.5 Å². The van der Waals surface area contributed by atoms with Crippen molar-refractivity contribution in [1.82, 2.24) is 9.88 Å². The minimum absolute atomic E-state index is 0.104. The van der Waals surface area contributed by atoms with Crippen molar-refractivity contribution in [2.24, 2.45) is 5.73 Å². The number of halogens is 3. The van der Waals surface area contributed by atoms with Crippen molar-refractivity contribution >= 4 is 5.91 Å². The molecule has 0 radical (unpaired) electrons. The quantitative estimate of drug-likeness (QED) is 0.899. The number of likely N-dealkylation sites (tertiary alicyclic amines) is 1. The topological polar surface area (TPSA) is 68.5 Å². The number of carbonyl (C=O) groups excluding carboxylic acids is 1. The van der Waals surface area contributed by atoms with Gasteiger partial charge < -0.3 is 10.5 Å². The van der Waals surface area contributed by atoms with Gasteiger partial charge in [-0.2, -0.15) is 13.2 Å². The molecule has 1 saturated heterocycles. The summed E-state index contributed by atoms with van der Waals surface area (Å²) in [6.07, 6.45) is -3.09. The van der Waals surface area contributed by atoms with Crippen LogP contribution in [0.25, 0.3) is 0 Å². The van der Waals surface area contributed by atoms with Crippen molar-refractivity contribution in [2.75, 3.05) is 13.1 Å². The van der Waals surface area contributed by atoms with Crippen molar-refractivity contribution in [3.05, 3.63) is 59.4 Å². The summed E-state index contributed by atoms with van der Waals surface area (Å²) in [6.45, 7) is 1.21. The highest BCUT2D eigenvalue weighted by Crippen LogP contribution is 2.33. The Morgan fingerprint density at radius 3 is 2.68 bits per heavy atom. The highest BCUT2D eigenvalue weighted by Gasteiger charge is 2.35. The summed E-state index contributed by atoms with van der Waals surface area (Å²) in [6, 6.07) is 8.61. The number of aromatic nitrogens is 1. The number of amides is 1. The molecule has 3 rings (SSSR count). The largest absolute Gasteiger partial charge is 0.488 e. The summed E-state index contributed by atoms with van der Waals surface area (Å²) in [5.41, 5.74) is 4.90. The number of hydrogen-bond acceptors (Lipinski definition) is 4. The van der Waals surface area contributed by atoms with Gasteiger partial charge in [-0.15, -0.1) is 0 Å². The van der Waals surface area contributed by atoms with E-state index in [-0.39, 0.29) is 23.9 Å². The SMILES string of the molecule is NC(=O)c1cc(OC2CN(Cc3ccccc3C(F)(F)F)C2)ccn1. The lowest BCUT2D eigenvalue weighted by molar-refractivity contribution is -0.138. The monoisotopic (exact) mass is 351 g/mol. The summed E-state index contributed by atoms with van der Waals surface area (Å²) in [7, 11) is 0. The third-order valence-corrected chi connectivity index (χ3v) is 3.93. The third kappa shape index (κ3) is 4.08. The van der Waals surface area contributed by atoms with E-state index in [2.05, 4.69) is 4.98 Å². The maximum atomic E-state index is 13.0. The molecule has 132 valence electrons. The average Bonchev–Trinajstić information content (AvgIpc) is 2.52. The zero-order valence-electron chi connectivity index (χ0n) is 13.2. The molecule has 1 aliphatic rings. The molecule has 25 heavy (non-hydrogen) atoms. The Morgan fingerprint density at radius 2 is 2.00 bits per heavy atom. The molecule has 8 heteroatoms. The van der Waals surface area contributed by atoms with Gasteiger partial charge in [0.25, 0.3) is 5.91 Å². The molecule has 0 spiro atoms. The summed E-state index contributed by atoms with van der Waals surface area (Å²) >= 11 is 0. The van der Waals surface area contributed by atoms with Crippen LogP contribution in [-0.2, 0) is 12.7 Å². The van der Waals surface area contributed by atoms with Gasteiger partial charge in [-0.3, -0.25) is 14.7 Å². The van der Waals surface area contributed by atoms with Crippen LogP contribution >= 0.6 is 0 Å². The molecular weight excluding hydrogens is 335 g/mol. The Balaban J connectivity index is 1.57. The summed E-state index contributed by atoms with van der Waals surface area (Å²) < 4.78 is 44.7. The minimum Gasteiger partial charge on any atom is -0.488 e. The molecule has 2 aromatic rings. The molecule has 1 aliphatic heterocycles. The molecule has 2 heterocycles. The second kappa shape index (κ2) is 6.72. The van der Waals surface area contributed by atoms with Crippen LogP contribution in [0, 0.1) is 0 Å². The zero-order valence-corrected chi connectivity index (χ0v) is 13.2. The fourth-order valence-corrected chi connectivity index (χ4v) is 2.71. The van der Waals surface area contributed by atoms with E-state index in [0.717, 1.165) is 6.07 Å². The molecule has 0 unspecified atom stereocenters. The predicted octanol–water partition coefficient (Wildman–Crippen LogP) is 2.46. The van der Waals surface area contributed by atoms with Crippen LogP contribution in [0.3, 0.4) is 0 Å². The van der Waals surface area contributed by atoms with Gasteiger partial charge in [0.2, 0.25) is 0 Å². The second-order valence-electron chi connectivity index (χ2n) is 5.83. The van der Waals surface area contributed by atoms with Crippen molar-refractivity contribution < 1.29 is 22.7 Å². The molecule has 1 fully saturated rings. The number of nitrogens with zero attached hydrogens (tertiary/aromatic N) is 2. The first-order chi connectivity index (χ1) is 11.8.